The first kappa shape index (κ1) is 26.0. The van der Waals surface area contributed by atoms with Crippen LogP contribution >= 0.6 is 0 Å². The molecule has 1 aliphatic heterocycles. The molecule has 7 heteroatoms. The number of aliphatic hydroxyl groups excluding tert-OH is 1. The molecule has 1 heterocycles. The van der Waals surface area contributed by atoms with Gasteiger partial charge < -0.3 is 24.2 Å². The van der Waals surface area contributed by atoms with E-state index in [0.717, 1.165) is 5.56 Å². The number of carbonyl (C=O) groups excluding carboxylic acids is 2. The van der Waals surface area contributed by atoms with Crippen LogP contribution in [0, 0.1) is 6.92 Å². The zero-order valence-electron chi connectivity index (χ0n) is 21.3. The lowest BCUT2D eigenvalue weighted by Crippen LogP contribution is -2.32. The van der Waals surface area contributed by atoms with Crippen LogP contribution in [0.5, 0.6) is 11.5 Å². The van der Waals surface area contributed by atoms with E-state index in [1.807, 2.05) is 56.3 Å². The first-order valence-electron chi connectivity index (χ1n) is 12.2. The molecule has 3 aromatic carbocycles. The molecular weight excluding hydrogens is 470 g/mol. The highest BCUT2D eigenvalue weighted by molar-refractivity contribution is 6.46. The van der Waals surface area contributed by atoms with Gasteiger partial charge in [0.15, 0.2) is 0 Å². The van der Waals surface area contributed by atoms with E-state index in [0.29, 0.717) is 35.8 Å². The molecule has 1 N–H and O–H groups in total. The number of aliphatic hydroxyl groups is 1. The van der Waals surface area contributed by atoms with Crippen LogP contribution < -0.4 is 9.47 Å². The van der Waals surface area contributed by atoms with E-state index in [4.69, 9.17) is 14.2 Å². The number of ketones is 1. The third-order valence-corrected chi connectivity index (χ3v) is 6.19. The topological polar surface area (TPSA) is 85.3 Å². The molecule has 0 aromatic heterocycles. The third kappa shape index (κ3) is 5.84. The van der Waals surface area contributed by atoms with Crippen molar-refractivity contribution in [1.29, 1.82) is 0 Å². The van der Waals surface area contributed by atoms with Crippen LogP contribution in [0.3, 0.4) is 0 Å². The predicted octanol–water partition coefficient (Wildman–Crippen LogP) is 5.04. The molecule has 7 nitrogen and oxygen atoms in total. The second kappa shape index (κ2) is 11.8. The van der Waals surface area contributed by atoms with Gasteiger partial charge in [-0.05, 0) is 49.2 Å². The Hall–Kier alpha value is -4.10. The SMILES string of the molecule is CCOc1cccc(/C(O)=C2/C(=O)C(=O)N(CCOC)C2c2cccc(OCc3ccc(C)cc3)c2)c1. The van der Waals surface area contributed by atoms with Gasteiger partial charge in [0, 0.05) is 19.2 Å². The van der Waals surface area contributed by atoms with Gasteiger partial charge in [-0.2, -0.15) is 0 Å². The van der Waals surface area contributed by atoms with Crippen LogP contribution in [0.15, 0.2) is 78.4 Å². The Bertz CT molecular complexity index is 1300. The highest BCUT2D eigenvalue weighted by Crippen LogP contribution is 2.40. The largest absolute Gasteiger partial charge is 0.507 e. The van der Waals surface area contributed by atoms with Gasteiger partial charge in [-0.3, -0.25) is 9.59 Å². The second-order valence-corrected chi connectivity index (χ2v) is 8.79. The molecule has 0 saturated carbocycles. The van der Waals surface area contributed by atoms with Crippen molar-refractivity contribution in [2.24, 2.45) is 0 Å². The Morgan fingerprint density at radius 1 is 0.946 bits per heavy atom. The van der Waals surface area contributed by atoms with Gasteiger partial charge in [-0.15, -0.1) is 0 Å². The fraction of sp³-hybridized carbons (Fsp3) is 0.267. The van der Waals surface area contributed by atoms with Gasteiger partial charge in [0.05, 0.1) is 24.8 Å². The Morgan fingerprint density at radius 3 is 2.35 bits per heavy atom. The number of rotatable bonds is 10. The molecule has 37 heavy (non-hydrogen) atoms. The average Bonchev–Trinajstić information content (AvgIpc) is 3.16. The van der Waals surface area contributed by atoms with Crippen molar-refractivity contribution >= 4 is 17.4 Å². The highest BCUT2D eigenvalue weighted by Gasteiger charge is 2.46. The number of hydrogen-bond acceptors (Lipinski definition) is 6. The van der Waals surface area contributed by atoms with Crippen LogP contribution in [-0.4, -0.2) is 48.6 Å². The predicted molar refractivity (Wildman–Crippen MR) is 140 cm³/mol. The number of ether oxygens (including phenoxy) is 3. The Balaban J connectivity index is 1.72. The van der Waals surface area contributed by atoms with E-state index in [1.54, 1.807) is 30.3 Å². The molecule has 4 rings (SSSR count). The molecule has 3 aromatic rings. The summed E-state index contributed by atoms with van der Waals surface area (Å²) in [5.41, 5.74) is 3.26. The normalized spacial score (nSPS) is 16.7. The molecule has 0 aliphatic carbocycles. The number of nitrogens with zero attached hydrogens (tertiary/aromatic N) is 1. The lowest BCUT2D eigenvalue weighted by molar-refractivity contribution is -0.140. The zero-order valence-corrected chi connectivity index (χ0v) is 21.3. The van der Waals surface area contributed by atoms with Crippen molar-refractivity contribution in [3.8, 4) is 11.5 Å². The molecule has 1 unspecified atom stereocenters. The fourth-order valence-electron chi connectivity index (χ4n) is 4.33. The number of Topliss-reactive ketones (excluding diaryl/α,β-unsaturated/α-hetero) is 1. The lowest BCUT2D eigenvalue weighted by atomic mass is 9.95. The van der Waals surface area contributed by atoms with E-state index >= 15 is 0 Å². The quantitative estimate of drug-likeness (QED) is 0.238. The van der Waals surface area contributed by atoms with Gasteiger partial charge in [-0.25, -0.2) is 0 Å². The Labute approximate surface area is 216 Å². The summed E-state index contributed by atoms with van der Waals surface area (Å²) in [6.45, 7) is 5.16. The van der Waals surface area contributed by atoms with E-state index in [-0.39, 0.29) is 24.5 Å². The van der Waals surface area contributed by atoms with Gasteiger partial charge in [0.2, 0.25) is 0 Å². The summed E-state index contributed by atoms with van der Waals surface area (Å²) >= 11 is 0. The smallest absolute Gasteiger partial charge is 0.295 e. The summed E-state index contributed by atoms with van der Waals surface area (Å²) < 4.78 is 16.8. The highest BCUT2D eigenvalue weighted by atomic mass is 16.5. The van der Waals surface area contributed by atoms with Crippen molar-refractivity contribution in [2.75, 3.05) is 26.9 Å². The number of likely N-dealkylation sites (tertiary alicyclic amines) is 1. The van der Waals surface area contributed by atoms with Crippen molar-refractivity contribution in [2.45, 2.75) is 26.5 Å². The molecule has 0 bridgehead atoms. The standard InChI is InChI=1S/C30H31NO6/c1-4-36-24-9-6-8-23(18-24)28(32)26-27(31(15-16-35-3)30(34)29(26)33)22-7-5-10-25(17-22)37-19-21-13-11-20(2)12-14-21/h5-14,17-18,27,32H,4,15-16,19H2,1-3H3/b28-26-. The molecule has 1 saturated heterocycles. The van der Waals surface area contributed by atoms with E-state index in [9.17, 15) is 14.7 Å². The summed E-state index contributed by atoms with van der Waals surface area (Å²) in [5, 5.41) is 11.3. The van der Waals surface area contributed by atoms with Crippen molar-refractivity contribution in [3.05, 3.63) is 101 Å². The van der Waals surface area contributed by atoms with Crippen molar-refractivity contribution < 1.29 is 28.9 Å². The minimum Gasteiger partial charge on any atom is -0.507 e. The van der Waals surface area contributed by atoms with Crippen LogP contribution in [0.25, 0.3) is 5.76 Å². The van der Waals surface area contributed by atoms with Crippen LogP contribution in [0.4, 0.5) is 0 Å². The first-order valence-corrected chi connectivity index (χ1v) is 12.2. The van der Waals surface area contributed by atoms with Crippen LogP contribution in [-0.2, 0) is 20.9 Å². The number of methoxy groups -OCH3 is 1. The summed E-state index contributed by atoms with van der Waals surface area (Å²) in [7, 11) is 1.53. The minimum atomic E-state index is -0.797. The van der Waals surface area contributed by atoms with E-state index < -0.39 is 17.7 Å². The maximum Gasteiger partial charge on any atom is 0.295 e. The molecular formula is C30H31NO6. The van der Waals surface area contributed by atoms with Gasteiger partial charge in [0.25, 0.3) is 11.7 Å². The van der Waals surface area contributed by atoms with Crippen LogP contribution in [0.1, 0.15) is 35.2 Å². The second-order valence-electron chi connectivity index (χ2n) is 8.79. The average molecular weight is 502 g/mol. The maximum atomic E-state index is 13.2. The van der Waals surface area contributed by atoms with E-state index in [2.05, 4.69) is 0 Å². The number of hydrogen-bond donors (Lipinski definition) is 1. The van der Waals surface area contributed by atoms with Crippen LogP contribution in [0.2, 0.25) is 0 Å². The molecule has 1 aliphatic rings. The summed E-state index contributed by atoms with van der Waals surface area (Å²) in [6.07, 6.45) is 0. The molecule has 192 valence electrons. The number of amides is 1. The molecule has 0 spiro atoms. The number of benzene rings is 3. The summed E-state index contributed by atoms with van der Waals surface area (Å²) in [5.74, 6) is -0.533. The summed E-state index contributed by atoms with van der Waals surface area (Å²) in [4.78, 5) is 27.7. The van der Waals surface area contributed by atoms with E-state index in [1.165, 1.54) is 17.6 Å². The Kier molecular flexibility index (Phi) is 8.25. The number of carbonyl (C=O) groups is 2. The zero-order chi connectivity index (χ0) is 26.4. The molecule has 0 radical (unpaired) electrons. The summed E-state index contributed by atoms with van der Waals surface area (Å²) in [6, 6.07) is 21.4. The third-order valence-electron chi connectivity index (χ3n) is 6.19. The minimum absolute atomic E-state index is 0.0189. The Morgan fingerprint density at radius 2 is 1.65 bits per heavy atom. The fourth-order valence-corrected chi connectivity index (χ4v) is 4.33. The van der Waals surface area contributed by atoms with Gasteiger partial charge >= 0.3 is 0 Å². The lowest BCUT2D eigenvalue weighted by Gasteiger charge is -2.25. The molecule has 1 amide bonds. The maximum absolute atomic E-state index is 13.2. The number of aryl methyl sites for hydroxylation is 1. The first-order chi connectivity index (χ1) is 17.9. The molecule has 1 fully saturated rings. The van der Waals surface area contributed by atoms with Crippen molar-refractivity contribution in [1.82, 2.24) is 4.90 Å². The monoisotopic (exact) mass is 501 g/mol. The van der Waals surface area contributed by atoms with Crippen molar-refractivity contribution in [3.63, 3.8) is 0 Å². The van der Waals surface area contributed by atoms with Gasteiger partial charge in [-0.1, -0.05) is 54.1 Å². The molecule has 1 atom stereocenters. The van der Waals surface area contributed by atoms with Gasteiger partial charge in [0.1, 0.15) is 23.9 Å².